The Hall–Kier alpha value is -3.77. The average molecular weight is 469 g/mol. The van der Waals surface area contributed by atoms with Gasteiger partial charge in [0.15, 0.2) is 0 Å². The number of methoxy groups -OCH3 is 1. The number of carbonyl (C=O) groups excluding carboxylic acids is 1. The summed E-state index contributed by atoms with van der Waals surface area (Å²) in [4.78, 5) is 21.0. The van der Waals surface area contributed by atoms with Gasteiger partial charge in [0, 0.05) is 66.8 Å². The van der Waals surface area contributed by atoms with Crippen LogP contribution in [0.15, 0.2) is 72.9 Å². The molecular weight excluding hydrogens is 436 g/mol. The predicted molar refractivity (Wildman–Crippen MR) is 143 cm³/mol. The maximum Gasteiger partial charge on any atom is 0.255 e. The summed E-state index contributed by atoms with van der Waals surface area (Å²) in [5.74, 6) is 0.809. The molecule has 0 aliphatic carbocycles. The lowest BCUT2D eigenvalue weighted by molar-refractivity contribution is 0.102. The molecule has 1 aliphatic heterocycles. The van der Waals surface area contributed by atoms with Gasteiger partial charge in [0.05, 0.1) is 7.11 Å². The molecule has 1 amide bonds. The monoisotopic (exact) mass is 468 g/mol. The van der Waals surface area contributed by atoms with Crippen LogP contribution in [0.25, 0.3) is 10.9 Å². The predicted octanol–water partition coefficient (Wildman–Crippen LogP) is 5.10. The van der Waals surface area contributed by atoms with Crippen LogP contribution < -0.4 is 15.0 Å². The molecular formula is C29H32N4O2. The van der Waals surface area contributed by atoms with E-state index in [1.54, 1.807) is 7.11 Å². The summed E-state index contributed by atoms with van der Waals surface area (Å²) in [6.07, 6.45) is 3.07. The molecule has 3 aromatic carbocycles. The van der Waals surface area contributed by atoms with Crippen LogP contribution in [0.4, 0.5) is 11.4 Å². The van der Waals surface area contributed by atoms with Crippen molar-refractivity contribution in [1.29, 1.82) is 0 Å². The number of ether oxygens (including phenoxy) is 1. The maximum atomic E-state index is 12.7. The summed E-state index contributed by atoms with van der Waals surface area (Å²) in [5, 5.41) is 4.22. The van der Waals surface area contributed by atoms with Crippen molar-refractivity contribution < 1.29 is 9.53 Å². The highest BCUT2D eigenvalue weighted by Crippen LogP contribution is 2.24. The highest BCUT2D eigenvalue weighted by molar-refractivity contribution is 6.05. The zero-order valence-corrected chi connectivity index (χ0v) is 20.4. The van der Waals surface area contributed by atoms with Crippen LogP contribution in [0.5, 0.6) is 5.75 Å². The zero-order valence-electron chi connectivity index (χ0n) is 20.4. The van der Waals surface area contributed by atoms with Gasteiger partial charge in [-0.1, -0.05) is 17.7 Å². The first-order valence-electron chi connectivity index (χ1n) is 12.2. The quantitative estimate of drug-likeness (QED) is 0.396. The van der Waals surface area contributed by atoms with Crippen molar-refractivity contribution in [2.75, 3.05) is 50.1 Å². The van der Waals surface area contributed by atoms with E-state index >= 15 is 0 Å². The van der Waals surface area contributed by atoms with Gasteiger partial charge in [0.25, 0.3) is 5.91 Å². The van der Waals surface area contributed by atoms with Gasteiger partial charge in [-0.05, 0) is 73.5 Å². The molecule has 0 bridgehead atoms. The van der Waals surface area contributed by atoms with Crippen LogP contribution in [0.1, 0.15) is 21.5 Å². The second kappa shape index (κ2) is 10.2. The van der Waals surface area contributed by atoms with Gasteiger partial charge >= 0.3 is 0 Å². The van der Waals surface area contributed by atoms with Crippen molar-refractivity contribution in [2.24, 2.45) is 0 Å². The van der Waals surface area contributed by atoms with Crippen LogP contribution in [0.3, 0.4) is 0 Å². The lowest BCUT2D eigenvalue weighted by atomic mass is 10.1. The Kier molecular flexibility index (Phi) is 6.73. The number of H-pyrrole nitrogens is 1. The summed E-state index contributed by atoms with van der Waals surface area (Å²) in [5.41, 5.74) is 6.20. The highest BCUT2D eigenvalue weighted by atomic mass is 16.5. The Bertz CT molecular complexity index is 1300. The maximum absolute atomic E-state index is 12.7. The summed E-state index contributed by atoms with van der Waals surface area (Å²) >= 11 is 0. The fourth-order valence-electron chi connectivity index (χ4n) is 4.75. The first-order valence-corrected chi connectivity index (χ1v) is 12.2. The van der Waals surface area contributed by atoms with Crippen molar-refractivity contribution in [3.63, 3.8) is 0 Å². The molecule has 0 atom stereocenters. The fourth-order valence-corrected chi connectivity index (χ4v) is 4.75. The van der Waals surface area contributed by atoms with Crippen LogP contribution in [-0.4, -0.2) is 55.6 Å². The van der Waals surface area contributed by atoms with Gasteiger partial charge in [-0.2, -0.15) is 0 Å². The number of aromatic nitrogens is 1. The smallest absolute Gasteiger partial charge is 0.255 e. The number of aromatic amines is 1. The normalized spacial score (nSPS) is 14.3. The Balaban J connectivity index is 1.19. The summed E-state index contributed by atoms with van der Waals surface area (Å²) in [6, 6.07) is 22.0. The summed E-state index contributed by atoms with van der Waals surface area (Å²) in [7, 11) is 1.70. The largest absolute Gasteiger partial charge is 0.497 e. The summed E-state index contributed by atoms with van der Waals surface area (Å²) in [6.45, 7) is 7.15. The van der Waals surface area contributed by atoms with Crippen molar-refractivity contribution >= 4 is 28.2 Å². The SMILES string of the molecule is COc1ccc(N2CCN(CCc3c[nH]c4ccc(NC(=O)c5cccc(C)c5)cc34)CC2)cc1. The third kappa shape index (κ3) is 5.33. The molecule has 0 spiro atoms. The number of carbonyl (C=O) groups is 1. The lowest BCUT2D eigenvalue weighted by Crippen LogP contribution is -2.46. The van der Waals surface area contributed by atoms with Crippen LogP contribution in [0.2, 0.25) is 0 Å². The molecule has 1 aliphatic rings. The first kappa shape index (κ1) is 23.0. The molecule has 5 rings (SSSR count). The number of nitrogens with one attached hydrogen (secondary N) is 2. The van der Waals surface area contributed by atoms with E-state index < -0.39 is 0 Å². The Morgan fingerprint density at radius 3 is 2.54 bits per heavy atom. The van der Waals surface area contributed by atoms with E-state index in [0.29, 0.717) is 5.56 Å². The lowest BCUT2D eigenvalue weighted by Gasteiger charge is -2.36. The molecule has 6 heteroatoms. The molecule has 35 heavy (non-hydrogen) atoms. The Morgan fingerprint density at radius 2 is 1.80 bits per heavy atom. The molecule has 1 saturated heterocycles. The van der Waals surface area contributed by atoms with E-state index in [2.05, 4.69) is 44.5 Å². The van der Waals surface area contributed by atoms with Crippen molar-refractivity contribution in [1.82, 2.24) is 9.88 Å². The van der Waals surface area contributed by atoms with Crippen molar-refractivity contribution in [3.8, 4) is 5.75 Å². The van der Waals surface area contributed by atoms with E-state index in [-0.39, 0.29) is 5.91 Å². The third-order valence-electron chi connectivity index (χ3n) is 6.81. The second-order valence-corrected chi connectivity index (χ2v) is 9.17. The van der Waals surface area contributed by atoms with Crippen molar-refractivity contribution in [2.45, 2.75) is 13.3 Å². The number of benzene rings is 3. The van der Waals surface area contributed by atoms with E-state index in [1.165, 1.54) is 16.6 Å². The van der Waals surface area contributed by atoms with Gasteiger partial charge in [0.2, 0.25) is 0 Å². The number of fused-ring (bicyclic) bond motifs is 1. The van der Waals surface area contributed by atoms with E-state index in [9.17, 15) is 4.79 Å². The molecule has 1 fully saturated rings. The standard InChI is InChI=1S/C29H32N4O2/c1-21-4-3-5-22(18-21)29(34)31-24-6-11-28-27(19-24)23(20-30-28)12-13-32-14-16-33(17-15-32)25-7-9-26(35-2)10-8-25/h3-11,18-20,30H,12-17H2,1-2H3,(H,31,34). The van der Waals surface area contributed by atoms with Gasteiger partial charge < -0.3 is 19.9 Å². The third-order valence-corrected chi connectivity index (χ3v) is 6.81. The Morgan fingerprint density at radius 1 is 1.00 bits per heavy atom. The topological polar surface area (TPSA) is 60.6 Å². The number of hydrogen-bond acceptors (Lipinski definition) is 4. The van der Waals surface area contributed by atoms with E-state index in [1.807, 2.05) is 55.5 Å². The number of piperazine rings is 1. The molecule has 2 heterocycles. The van der Waals surface area contributed by atoms with Gasteiger partial charge in [-0.3, -0.25) is 9.69 Å². The number of amides is 1. The van der Waals surface area contributed by atoms with E-state index in [0.717, 1.165) is 61.7 Å². The minimum atomic E-state index is -0.0835. The fraction of sp³-hybridized carbons (Fsp3) is 0.276. The molecule has 0 radical (unpaired) electrons. The van der Waals surface area contributed by atoms with Crippen LogP contribution in [0, 0.1) is 6.92 Å². The highest BCUT2D eigenvalue weighted by Gasteiger charge is 2.18. The molecule has 4 aromatic rings. The van der Waals surface area contributed by atoms with Gasteiger partial charge in [-0.15, -0.1) is 0 Å². The average Bonchev–Trinajstić information content (AvgIpc) is 3.30. The summed E-state index contributed by atoms with van der Waals surface area (Å²) < 4.78 is 5.27. The minimum Gasteiger partial charge on any atom is -0.497 e. The van der Waals surface area contributed by atoms with Gasteiger partial charge in [-0.25, -0.2) is 0 Å². The molecule has 0 saturated carbocycles. The van der Waals surface area contributed by atoms with E-state index in [4.69, 9.17) is 4.74 Å². The van der Waals surface area contributed by atoms with Crippen LogP contribution >= 0.6 is 0 Å². The Labute approximate surface area is 206 Å². The molecule has 2 N–H and O–H groups in total. The second-order valence-electron chi connectivity index (χ2n) is 9.17. The first-order chi connectivity index (χ1) is 17.1. The minimum absolute atomic E-state index is 0.0835. The van der Waals surface area contributed by atoms with Gasteiger partial charge in [0.1, 0.15) is 5.75 Å². The van der Waals surface area contributed by atoms with Crippen LogP contribution in [-0.2, 0) is 6.42 Å². The number of anilines is 2. The number of nitrogens with zero attached hydrogens (tertiary/aromatic N) is 2. The molecule has 1 aromatic heterocycles. The molecule has 180 valence electrons. The molecule has 6 nitrogen and oxygen atoms in total. The number of hydrogen-bond donors (Lipinski definition) is 2. The number of aryl methyl sites for hydroxylation is 1. The zero-order chi connectivity index (χ0) is 24.2. The number of rotatable bonds is 7. The molecule has 0 unspecified atom stereocenters. The van der Waals surface area contributed by atoms with Crippen molar-refractivity contribution in [3.05, 3.63) is 89.6 Å².